The highest BCUT2D eigenvalue weighted by molar-refractivity contribution is 5.83. The van der Waals surface area contributed by atoms with E-state index in [9.17, 15) is 0 Å². The van der Waals surface area contributed by atoms with Crippen molar-refractivity contribution in [3.8, 4) is 24.3 Å². The van der Waals surface area contributed by atoms with Crippen LogP contribution in [0, 0.1) is 45.3 Å². The first-order valence-corrected chi connectivity index (χ1v) is 5.02. The zero-order chi connectivity index (χ0) is 12.9. The zero-order valence-electron chi connectivity index (χ0n) is 9.30. The van der Waals surface area contributed by atoms with Crippen LogP contribution in [0.4, 0.5) is 0 Å². The monoisotopic (exact) mass is 225 g/mol. The van der Waals surface area contributed by atoms with Gasteiger partial charge in [0.15, 0.2) is 0 Å². The van der Waals surface area contributed by atoms with Crippen molar-refractivity contribution in [1.82, 2.24) is 0 Å². The number of hydrogen-bond acceptors (Lipinski definition) is 5. The molecule has 0 aliphatic carbocycles. The summed E-state index contributed by atoms with van der Waals surface area (Å²) in [5, 5.41) is 34.1. The Morgan fingerprint density at radius 2 is 1.71 bits per heavy atom. The maximum atomic E-state index is 8.78. The summed E-state index contributed by atoms with van der Waals surface area (Å²) in [5.74, 6) is 0. The van der Waals surface area contributed by atoms with Gasteiger partial charge in [-0.15, -0.1) is 0 Å². The highest BCUT2D eigenvalue weighted by atomic mass is 14.8. The molecule has 0 rings (SSSR count). The minimum atomic E-state index is -0.391. The molecule has 0 aromatic carbocycles. The van der Waals surface area contributed by atoms with Crippen LogP contribution < -0.4 is 0 Å². The summed E-state index contributed by atoms with van der Waals surface area (Å²) in [6.07, 6.45) is 4.12. The molecule has 0 N–H and O–H groups in total. The van der Waals surface area contributed by atoms with E-state index >= 15 is 0 Å². The van der Waals surface area contributed by atoms with Gasteiger partial charge in [0, 0.05) is 12.6 Å². The largest absolute Gasteiger partial charge is 0.286 e. The SMILES string of the molecule is N#CCC/C=C(\C#N)C=NC(CC#N)CC#N. The second-order valence-corrected chi connectivity index (χ2v) is 3.12. The molecule has 0 unspecified atom stereocenters. The topological polar surface area (TPSA) is 108 Å². The second-order valence-electron chi connectivity index (χ2n) is 3.12. The molecule has 0 spiro atoms. The summed E-state index contributed by atoms with van der Waals surface area (Å²) in [5.41, 5.74) is 0.348. The molecule has 0 aromatic rings. The van der Waals surface area contributed by atoms with E-state index in [0.29, 0.717) is 18.4 Å². The van der Waals surface area contributed by atoms with E-state index < -0.39 is 6.04 Å². The molecule has 0 amide bonds. The average molecular weight is 225 g/mol. The number of allylic oxidation sites excluding steroid dienone is 2. The van der Waals surface area contributed by atoms with Crippen LogP contribution in [0.2, 0.25) is 0 Å². The Bertz CT molecular complexity index is 431. The van der Waals surface area contributed by atoms with Crippen molar-refractivity contribution in [3.05, 3.63) is 11.6 Å². The lowest BCUT2D eigenvalue weighted by Gasteiger charge is -2.00. The first kappa shape index (κ1) is 14.4. The van der Waals surface area contributed by atoms with Crippen LogP contribution in [-0.4, -0.2) is 12.3 Å². The van der Waals surface area contributed by atoms with Crippen molar-refractivity contribution >= 4 is 6.21 Å². The van der Waals surface area contributed by atoms with Crippen LogP contribution in [0.5, 0.6) is 0 Å². The number of aliphatic imine (C=N–C) groups is 1. The van der Waals surface area contributed by atoms with E-state index in [-0.39, 0.29) is 12.8 Å². The third kappa shape index (κ3) is 7.32. The molecule has 5 nitrogen and oxygen atoms in total. The Morgan fingerprint density at radius 1 is 1.06 bits per heavy atom. The van der Waals surface area contributed by atoms with E-state index in [1.807, 2.05) is 24.3 Å². The fourth-order valence-corrected chi connectivity index (χ4v) is 0.993. The third-order valence-electron chi connectivity index (χ3n) is 1.83. The van der Waals surface area contributed by atoms with Crippen LogP contribution in [0.15, 0.2) is 16.6 Å². The number of unbranched alkanes of at least 4 members (excludes halogenated alkanes) is 1. The van der Waals surface area contributed by atoms with Crippen molar-refractivity contribution in [1.29, 1.82) is 21.0 Å². The molecule has 0 aromatic heterocycles. The van der Waals surface area contributed by atoms with Crippen LogP contribution in [0.3, 0.4) is 0 Å². The summed E-state index contributed by atoms with van der Waals surface area (Å²) in [6.45, 7) is 0. The summed E-state index contributed by atoms with van der Waals surface area (Å²) >= 11 is 0. The van der Waals surface area contributed by atoms with Crippen molar-refractivity contribution in [3.63, 3.8) is 0 Å². The molecule has 0 aliphatic heterocycles. The van der Waals surface area contributed by atoms with Crippen LogP contribution >= 0.6 is 0 Å². The molecule has 0 fully saturated rings. The van der Waals surface area contributed by atoms with Crippen molar-refractivity contribution in [2.75, 3.05) is 0 Å². The average Bonchev–Trinajstić information content (AvgIpc) is 2.34. The van der Waals surface area contributed by atoms with Crippen LogP contribution in [0.1, 0.15) is 25.7 Å². The van der Waals surface area contributed by atoms with Gasteiger partial charge >= 0.3 is 0 Å². The molecule has 0 radical (unpaired) electrons. The molecular weight excluding hydrogens is 214 g/mol. The van der Waals surface area contributed by atoms with E-state index in [4.69, 9.17) is 21.0 Å². The van der Waals surface area contributed by atoms with Gasteiger partial charge in [0.25, 0.3) is 0 Å². The van der Waals surface area contributed by atoms with Gasteiger partial charge in [0.05, 0.1) is 42.7 Å². The van der Waals surface area contributed by atoms with Gasteiger partial charge in [-0.25, -0.2) is 0 Å². The Labute approximate surface area is 101 Å². The molecule has 0 bridgehead atoms. The minimum absolute atomic E-state index is 0.154. The predicted octanol–water partition coefficient (Wildman–Crippen LogP) is 2.01. The standard InChI is InChI=1S/C12H11N5/c13-6-2-1-3-11(9-16)10-17-12(4-7-14)5-8-15/h3,10,12H,1-2,4-5H2/b11-3+,17-10?. The molecule has 0 saturated carbocycles. The Hall–Kier alpha value is -2.63. The highest BCUT2D eigenvalue weighted by Crippen LogP contribution is 2.03. The van der Waals surface area contributed by atoms with Crippen LogP contribution in [0.25, 0.3) is 0 Å². The quantitative estimate of drug-likeness (QED) is 0.391. The Balaban J connectivity index is 4.50. The molecule has 0 heterocycles. The van der Waals surface area contributed by atoms with Gasteiger partial charge < -0.3 is 0 Å². The smallest absolute Gasteiger partial charge is 0.100 e. The molecule has 0 atom stereocenters. The Morgan fingerprint density at radius 3 is 2.18 bits per heavy atom. The first-order chi connectivity index (χ1) is 8.28. The summed E-state index contributed by atoms with van der Waals surface area (Å²) in [7, 11) is 0. The minimum Gasteiger partial charge on any atom is -0.286 e. The van der Waals surface area contributed by atoms with E-state index in [1.165, 1.54) is 6.21 Å². The van der Waals surface area contributed by atoms with Crippen LogP contribution in [-0.2, 0) is 0 Å². The lowest BCUT2D eigenvalue weighted by molar-refractivity contribution is 0.713. The zero-order valence-corrected chi connectivity index (χ0v) is 9.30. The number of nitriles is 4. The van der Waals surface area contributed by atoms with Gasteiger partial charge in [-0.1, -0.05) is 6.08 Å². The molecule has 0 aliphatic rings. The van der Waals surface area contributed by atoms with E-state index in [2.05, 4.69) is 4.99 Å². The van der Waals surface area contributed by atoms with Gasteiger partial charge in [0.1, 0.15) is 6.07 Å². The fraction of sp³-hybridized carbons (Fsp3) is 0.417. The van der Waals surface area contributed by atoms with Gasteiger partial charge in [-0.05, 0) is 6.42 Å². The molecule has 17 heavy (non-hydrogen) atoms. The summed E-state index contributed by atoms with van der Waals surface area (Å²) in [4.78, 5) is 4.01. The maximum absolute atomic E-state index is 8.78. The number of rotatable bonds is 6. The van der Waals surface area contributed by atoms with E-state index in [1.54, 1.807) is 6.08 Å². The maximum Gasteiger partial charge on any atom is 0.100 e. The van der Waals surface area contributed by atoms with Gasteiger partial charge in [-0.3, -0.25) is 4.99 Å². The molecular formula is C12H11N5. The summed E-state index contributed by atoms with van der Waals surface area (Å²) < 4.78 is 0. The summed E-state index contributed by atoms with van der Waals surface area (Å²) in [6, 6.07) is 7.39. The number of nitrogens with zero attached hydrogens (tertiary/aromatic N) is 5. The van der Waals surface area contributed by atoms with Crippen molar-refractivity contribution in [2.24, 2.45) is 4.99 Å². The first-order valence-electron chi connectivity index (χ1n) is 5.02. The lowest BCUT2D eigenvalue weighted by Crippen LogP contribution is -2.02. The van der Waals surface area contributed by atoms with Gasteiger partial charge in [0.2, 0.25) is 0 Å². The van der Waals surface area contributed by atoms with Gasteiger partial charge in [-0.2, -0.15) is 21.0 Å². The molecule has 84 valence electrons. The van der Waals surface area contributed by atoms with E-state index in [0.717, 1.165) is 0 Å². The third-order valence-corrected chi connectivity index (χ3v) is 1.83. The number of hydrogen-bond donors (Lipinski definition) is 0. The predicted molar refractivity (Wildman–Crippen MR) is 61.3 cm³/mol. The van der Waals surface area contributed by atoms with Crippen molar-refractivity contribution in [2.45, 2.75) is 31.7 Å². The fourth-order valence-electron chi connectivity index (χ4n) is 0.993. The molecule has 0 saturated heterocycles. The highest BCUT2D eigenvalue weighted by Gasteiger charge is 2.04. The lowest BCUT2D eigenvalue weighted by atomic mass is 10.1. The Kier molecular flexibility index (Phi) is 8.37. The second kappa shape index (κ2) is 9.91. The normalized spacial score (nSPS) is 10.5. The molecule has 5 heteroatoms. The van der Waals surface area contributed by atoms with Crippen molar-refractivity contribution < 1.29 is 0 Å².